The first-order valence-electron chi connectivity index (χ1n) is 14.7. The van der Waals surface area contributed by atoms with Crippen LogP contribution in [-0.2, 0) is 0 Å². The van der Waals surface area contributed by atoms with Crippen LogP contribution in [0, 0.1) is 0 Å². The van der Waals surface area contributed by atoms with Gasteiger partial charge in [0.1, 0.15) is 0 Å². The molecule has 0 saturated carbocycles. The molecule has 0 atom stereocenters. The summed E-state index contributed by atoms with van der Waals surface area (Å²) < 4.78 is 7.59. The average molecular weight is 565 g/mol. The van der Waals surface area contributed by atoms with Gasteiger partial charge in [0.15, 0.2) is 0 Å². The molecular weight excluding hydrogens is 541 g/mol. The molecule has 43 heavy (non-hydrogen) atoms. The van der Waals surface area contributed by atoms with Crippen molar-refractivity contribution in [3.05, 3.63) is 146 Å². The van der Waals surface area contributed by atoms with Gasteiger partial charge < -0.3 is 9.13 Å². The van der Waals surface area contributed by atoms with Crippen LogP contribution >= 0.6 is 11.3 Å². The number of benzene rings is 7. The van der Waals surface area contributed by atoms with Gasteiger partial charge in [0.05, 0.1) is 32.5 Å². The Labute approximate surface area is 251 Å². The first-order chi connectivity index (χ1) is 21.3. The maximum absolute atomic E-state index is 2.52. The predicted molar refractivity (Wildman–Crippen MR) is 186 cm³/mol. The van der Waals surface area contributed by atoms with E-state index in [0.29, 0.717) is 0 Å². The molecule has 0 saturated heterocycles. The van der Waals surface area contributed by atoms with Crippen molar-refractivity contribution in [2.45, 2.75) is 0 Å². The number of hydrogen-bond donors (Lipinski definition) is 0. The summed E-state index contributed by atoms with van der Waals surface area (Å²) in [6.07, 6.45) is 0. The summed E-state index contributed by atoms with van der Waals surface area (Å²) >= 11 is 1.89. The standard InChI is InChI=1S/C40H24N2S/c1-2-11-26(12-3-1)41-34-17-7-5-14-28(34)33-23-25-21-22-30-27-13-4-8-18-35(27)42(39(30)32(25)24-37(33)41)36-19-10-16-31-29-15-6-9-20-38(29)43-40(31)36/h1-24H. The van der Waals surface area contributed by atoms with Gasteiger partial charge in [-0.3, -0.25) is 0 Å². The molecule has 10 aromatic rings. The van der Waals surface area contributed by atoms with Crippen molar-refractivity contribution in [2.75, 3.05) is 0 Å². The third kappa shape index (κ3) is 3.12. The van der Waals surface area contributed by atoms with Crippen molar-refractivity contribution in [2.24, 2.45) is 0 Å². The number of rotatable bonds is 2. The van der Waals surface area contributed by atoms with Crippen LogP contribution in [0.3, 0.4) is 0 Å². The minimum Gasteiger partial charge on any atom is -0.309 e. The lowest BCUT2D eigenvalue weighted by atomic mass is 10.0. The Morgan fingerprint density at radius 3 is 1.91 bits per heavy atom. The molecule has 0 fully saturated rings. The highest BCUT2D eigenvalue weighted by atomic mass is 32.1. The third-order valence-electron chi connectivity index (χ3n) is 9.08. The number of para-hydroxylation sites is 3. The minimum atomic E-state index is 1.18. The lowest BCUT2D eigenvalue weighted by Gasteiger charge is -2.12. The first-order valence-corrected chi connectivity index (χ1v) is 15.5. The molecule has 3 aromatic heterocycles. The van der Waals surface area contributed by atoms with E-state index in [1.54, 1.807) is 0 Å². The largest absolute Gasteiger partial charge is 0.309 e. The molecule has 0 aliphatic rings. The molecule has 0 bridgehead atoms. The van der Waals surface area contributed by atoms with Gasteiger partial charge in [0.2, 0.25) is 0 Å². The number of thiophene rings is 1. The smallest absolute Gasteiger partial charge is 0.0641 e. The molecule has 0 radical (unpaired) electrons. The van der Waals surface area contributed by atoms with Crippen LogP contribution in [0.25, 0.3) is 85.9 Å². The van der Waals surface area contributed by atoms with Crippen LogP contribution in [0.5, 0.6) is 0 Å². The fourth-order valence-corrected chi connectivity index (χ4v) is 8.47. The molecule has 10 rings (SSSR count). The van der Waals surface area contributed by atoms with Crippen LogP contribution in [0.1, 0.15) is 0 Å². The predicted octanol–water partition coefficient (Wildman–Crippen LogP) is 11.4. The van der Waals surface area contributed by atoms with Gasteiger partial charge in [-0.05, 0) is 53.9 Å². The Balaban J connectivity index is 1.41. The number of nitrogens with zero attached hydrogens (tertiary/aromatic N) is 2. The zero-order valence-corrected chi connectivity index (χ0v) is 24.0. The molecule has 0 unspecified atom stereocenters. The Bertz CT molecular complexity index is 2720. The summed E-state index contributed by atoms with van der Waals surface area (Å²) in [7, 11) is 0. The summed E-state index contributed by atoms with van der Waals surface area (Å²) in [5.74, 6) is 0. The quantitative estimate of drug-likeness (QED) is 0.198. The van der Waals surface area contributed by atoms with Crippen molar-refractivity contribution in [3.8, 4) is 11.4 Å². The van der Waals surface area contributed by atoms with Crippen LogP contribution < -0.4 is 0 Å². The second-order valence-electron chi connectivity index (χ2n) is 11.3. The molecule has 7 aromatic carbocycles. The van der Waals surface area contributed by atoms with E-state index in [-0.39, 0.29) is 0 Å². The van der Waals surface area contributed by atoms with Crippen LogP contribution in [0.4, 0.5) is 0 Å². The Morgan fingerprint density at radius 1 is 0.395 bits per heavy atom. The van der Waals surface area contributed by atoms with E-state index in [1.807, 2.05) is 11.3 Å². The zero-order valence-electron chi connectivity index (χ0n) is 23.2. The third-order valence-corrected chi connectivity index (χ3v) is 10.3. The highest BCUT2D eigenvalue weighted by molar-refractivity contribution is 7.26. The highest BCUT2D eigenvalue weighted by Gasteiger charge is 2.20. The summed E-state index contributed by atoms with van der Waals surface area (Å²) in [4.78, 5) is 0. The SMILES string of the molecule is c1ccc(-n2c3ccccc3c3cc4ccc5c6ccccc6n(-c6cccc7c6sc6ccccc67)c5c4cc32)cc1. The van der Waals surface area contributed by atoms with Crippen LogP contribution in [-0.4, -0.2) is 9.13 Å². The van der Waals surface area contributed by atoms with E-state index in [4.69, 9.17) is 0 Å². The lowest BCUT2D eigenvalue weighted by molar-refractivity contribution is 1.18. The van der Waals surface area contributed by atoms with Crippen LogP contribution in [0.15, 0.2) is 146 Å². The molecular formula is C40H24N2S. The molecule has 2 nitrogen and oxygen atoms in total. The normalized spacial score (nSPS) is 12.2. The zero-order chi connectivity index (χ0) is 28.1. The fourth-order valence-electron chi connectivity index (χ4n) is 7.26. The van der Waals surface area contributed by atoms with E-state index in [9.17, 15) is 0 Å². The summed E-state index contributed by atoms with van der Waals surface area (Å²) in [6, 6.07) is 53.4. The maximum Gasteiger partial charge on any atom is 0.0641 e. The van der Waals surface area contributed by atoms with E-state index in [1.165, 1.54) is 85.9 Å². The molecule has 0 aliphatic carbocycles. The Morgan fingerprint density at radius 2 is 1.07 bits per heavy atom. The number of fused-ring (bicyclic) bond motifs is 11. The Kier molecular flexibility index (Phi) is 4.63. The van der Waals surface area contributed by atoms with E-state index in [2.05, 4.69) is 155 Å². The highest BCUT2D eigenvalue weighted by Crippen LogP contribution is 2.44. The summed E-state index contributed by atoms with van der Waals surface area (Å²) in [6.45, 7) is 0. The number of aromatic nitrogens is 2. The van der Waals surface area contributed by atoms with E-state index >= 15 is 0 Å². The van der Waals surface area contributed by atoms with Crippen molar-refractivity contribution in [1.29, 1.82) is 0 Å². The van der Waals surface area contributed by atoms with Gasteiger partial charge in [-0.2, -0.15) is 0 Å². The molecule has 0 N–H and O–H groups in total. The monoisotopic (exact) mass is 564 g/mol. The fraction of sp³-hybridized carbons (Fsp3) is 0. The molecule has 200 valence electrons. The van der Waals surface area contributed by atoms with Gasteiger partial charge in [-0.15, -0.1) is 11.3 Å². The van der Waals surface area contributed by atoms with E-state index < -0.39 is 0 Å². The molecule has 0 amide bonds. The van der Waals surface area contributed by atoms with Gasteiger partial charge in [0, 0.05) is 48.1 Å². The van der Waals surface area contributed by atoms with Crippen molar-refractivity contribution >= 4 is 85.9 Å². The van der Waals surface area contributed by atoms with Crippen molar-refractivity contribution in [3.63, 3.8) is 0 Å². The van der Waals surface area contributed by atoms with Crippen molar-refractivity contribution < 1.29 is 0 Å². The van der Waals surface area contributed by atoms with Gasteiger partial charge >= 0.3 is 0 Å². The summed E-state index contributed by atoms with van der Waals surface area (Å²) in [5.41, 5.74) is 7.36. The molecule has 3 heterocycles. The minimum absolute atomic E-state index is 1.18. The maximum atomic E-state index is 2.52. The van der Waals surface area contributed by atoms with Gasteiger partial charge in [-0.1, -0.05) is 97.1 Å². The first kappa shape index (κ1) is 23.2. The molecule has 3 heteroatoms. The lowest BCUT2D eigenvalue weighted by Crippen LogP contribution is -1.96. The Hall–Kier alpha value is -5.38. The second-order valence-corrected chi connectivity index (χ2v) is 12.4. The second kappa shape index (κ2) is 8.57. The van der Waals surface area contributed by atoms with Crippen LogP contribution in [0.2, 0.25) is 0 Å². The molecule has 0 aliphatic heterocycles. The van der Waals surface area contributed by atoms with Crippen molar-refractivity contribution in [1.82, 2.24) is 9.13 Å². The summed E-state index contributed by atoms with van der Waals surface area (Å²) in [5, 5.41) is 10.3. The van der Waals surface area contributed by atoms with E-state index in [0.717, 1.165) is 0 Å². The van der Waals surface area contributed by atoms with Gasteiger partial charge in [-0.25, -0.2) is 0 Å². The van der Waals surface area contributed by atoms with Gasteiger partial charge in [0.25, 0.3) is 0 Å². The molecule has 0 spiro atoms. The average Bonchev–Trinajstić information content (AvgIpc) is 3.72. The topological polar surface area (TPSA) is 9.86 Å². The number of hydrogen-bond acceptors (Lipinski definition) is 1.